The van der Waals surface area contributed by atoms with Gasteiger partial charge in [-0.3, -0.25) is 14.2 Å². The molecular weight excluding hydrogens is 400 g/mol. The lowest BCUT2D eigenvalue weighted by Gasteiger charge is -2.25. The first kappa shape index (κ1) is 18.9. The lowest BCUT2D eigenvalue weighted by atomic mass is 10.2. The van der Waals surface area contributed by atoms with E-state index in [9.17, 15) is 4.79 Å². The zero-order valence-corrected chi connectivity index (χ0v) is 16.8. The van der Waals surface area contributed by atoms with E-state index in [1.54, 1.807) is 50.8 Å². The maximum Gasteiger partial charge on any atom is 0.260 e. The van der Waals surface area contributed by atoms with Gasteiger partial charge in [-0.25, -0.2) is 9.97 Å². The highest BCUT2D eigenvalue weighted by Crippen LogP contribution is 2.37. The molecule has 0 fully saturated rings. The summed E-state index contributed by atoms with van der Waals surface area (Å²) in [5, 5.41) is 0. The van der Waals surface area contributed by atoms with Crippen molar-refractivity contribution in [2.24, 2.45) is 0 Å². The maximum absolute atomic E-state index is 12.3. The lowest BCUT2D eigenvalue weighted by molar-refractivity contribution is 0.0817. The van der Waals surface area contributed by atoms with Crippen LogP contribution in [0.2, 0.25) is 0 Å². The zero-order chi connectivity index (χ0) is 21.4. The predicted molar refractivity (Wildman–Crippen MR) is 110 cm³/mol. The molecule has 0 aliphatic carbocycles. The Morgan fingerprint density at radius 1 is 1.03 bits per heavy atom. The first-order valence-electron chi connectivity index (χ1n) is 9.56. The van der Waals surface area contributed by atoms with E-state index < -0.39 is 0 Å². The molecule has 0 saturated heterocycles. The van der Waals surface area contributed by atoms with Crippen LogP contribution >= 0.6 is 0 Å². The van der Waals surface area contributed by atoms with Crippen LogP contribution in [0.15, 0.2) is 59.9 Å². The molecule has 0 spiro atoms. The van der Waals surface area contributed by atoms with E-state index >= 15 is 0 Å². The number of ether oxygens (including phenoxy) is 4. The van der Waals surface area contributed by atoms with Crippen molar-refractivity contribution in [2.45, 2.75) is 13.0 Å². The van der Waals surface area contributed by atoms with Gasteiger partial charge in [-0.2, -0.15) is 0 Å². The third-order valence-corrected chi connectivity index (χ3v) is 4.84. The summed E-state index contributed by atoms with van der Waals surface area (Å²) in [6.07, 6.45) is 5.94. The quantitative estimate of drug-likeness (QED) is 0.499. The minimum absolute atomic E-state index is 0.145. The van der Waals surface area contributed by atoms with Crippen LogP contribution in [0, 0.1) is 6.92 Å². The summed E-state index contributed by atoms with van der Waals surface area (Å²) in [5.74, 6) is 2.42. The van der Waals surface area contributed by atoms with Crippen LogP contribution in [0.3, 0.4) is 0 Å². The van der Waals surface area contributed by atoms with E-state index in [0.717, 1.165) is 5.69 Å². The van der Waals surface area contributed by atoms with E-state index in [4.69, 9.17) is 18.9 Å². The number of fused-ring (bicyclic) bond motifs is 2. The number of pyridine rings is 3. The van der Waals surface area contributed by atoms with Crippen LogP contribution in [0.1, 0.15) is 17.4 Å². The normalized spacial score (nSPS) is 15.0. The summed E-state index contributed by atoms with van der Waals surface area (Å²) in [4.78, 5) is 25.2. The molecule has 0 unspecified atom stereocenters. The largest absolute Gasteiger partial charge is 0.495 e. The van der Waals surface area contributed by atoms with E-state index in [-0.39, 0.29) is 18.3 Å². The Morgan fingerprint density at radius 2 is 1.87 bits per heavy atom. The fraction of sp³-hybridized carbons (Fsp3) is 0.182. The first-order valence-corrected chi connectivity index (χ1v) is 9.56. The average Bonchev–Trinajstić information content (AvgIpc) is 2.81. The minimum atomic E-state index is -0.374. The molecule has 4 aromatic rings. The van der Waals surface area contributed by atoms with Gasteiger partial charge in [0.1, 0.15) is 29.5 Å². The molecule has 1 aliphatic heterocycles. The molecule has 31 heavy (non-hydrogen) atoms. The molecule has 0 N–H and O–H groups in total. The Labute approximate surface area is 176 Å². The Morgan fingerprint density at radius 3 is 2.68 bits per heavy atom. The first-order chi connectivity index (χ1) is 15.1. The van der Waals surface area contributed by atoms with Gasteiger partial charge in [0.2, 0.25) is 0 Å². The number of hydrogen-bond donors (Lipinski definition) is 0. The third kappa shape index (κ3) is 3.61. The summed E-state index contributed by atoms with van der Waals surface area (Å²) in [6, 6.07) is 8.79. The molecule has 9 heteroatoms. The number of aromatic nitrogens is 4. The Balaban J connectivity index is 1.36. The molecule has 1 atom stereocenters. The fourth-order valence-electron chi connectivity index (χ4n) is 3.19. The van der Waals surface area contributed by atoms with Gasteiger partial charge in [0.15, 0.2) is 11.9 Å². The standard InChI is InChI=1S/C22H18N4O5/c1-13-8-24-20-6-4-15(11-26(20)22(13)27)30-16-7-18-21(25-10-16)31-19(12-29-18)17-5-3-14(28-2)9-23-17/h3-11,19H,12H2,1-2H3/t19-/m1/s1. The van der Waals surface area contributed by atoms with Crippen molar-refractivity contribution >= 4 is 5.65 Å². The SMILES string of the molecule is COc1ccc([C@H]2COc3cc(Oc4ccc5ncc(C)c(=O)n5c4)cnc3O2)nc1. The van der Waals surface area contributed by atoms with Gasteiger partial charge in [-0.05, 0) is 31.2 Å². The van der Waals surface area contributed by atoms with Crippen molar-refractivity contribution in [3.05, 3.63) is 76.7 Å². The van der Waals surface area contributed by atoms with Gasteiger partial charge in [0.05, 0.1) is 31.4 Å². The van der Waals surface area contributed by atoms with Gasteiger partial charge in [0.25, 0.3) is 11.4 Å². The van der Waals surface area contributed by atoms with Gasteiger partial charge in [0, 0.05) is 17.8 Å². The molecule has 0 bridgehead atoms. The second-order valence-electron chi connectivity index (χ2n) is 6.96. The second-order valence-corrected chi connectivity index (χ2v) is 6.96. The Bertz CT molecular complexity index is 1320. The Kier molecular flexibility index (Phi) is 4.62. The van der Waals surface area contributed by atoms with Crippen molar-refractivity contribution in [2.75, 3.05) is 13.7 Å². The predicted octanol–water partition coefficient (Wildman–Crippen LogP) is 3.11. The van der Waals surface area contributed by atoms with E-state index in [1.807, 2.05) is 12.1 Å². The molecule has 0 aromatic carbocycles. The number of nitrogens with zero attached hydrogens (tertiary/aromatic N) is 4. The van der Waals surface area contributed by atoms with Crippen LogP contribution in [-0.4, -0.2) is 33.1 Å². The van der Waals surface area contributed by atoms with E-state index in [0.29, 0.717) is 40.1 Å². The van der Waals surface area contributed by atoms with Crippen molar-refractivity contribution < 1.29 is 18.9 Å². The summed E-state index contributed by atoms with van der Waals surface area (Å²) in [7, 11) is 1.59. The fourth-order valence-corrected chi connectivity index (χ4v) is 3.19. The van der Waals surface area contributed by atoms with Crippen LogP contribution in [-0.2, 0) is 0 Å². The van der Waals surface area contributed by atoms with Crippen LogP contribution in [0.25, 0.3) is 5.65 Å². The van der Waals surface area contributed by atoms with Crippen molar-refractivity contribution in [3.8, 4) is 28.9 Å². The average molecular weight is 418 g/mol. The molecule has 5 heterocycles. The number of aryl methyl sites for hydroxylation is 1. The summed E-state index contributed by atoms with van der Waals surface area (Å²) < 4.78 is 24.2. The summed E-state index contributed by atoms with van der Waals surface area (Å²) >= 11 is 0. The van der Waals surface area contributed by atoms with Crippen molar-refractivity contribution in [1.29, 1.82) is 0 Å². The van der Waals surface area contributed by atoms with E-state index in [2.05, 4.69) is 15.0 Å². The highest BCUT2D eigenvalue weighted by molar-refractivity contribution is 5.45. The Hall–Kier alpha value is -4.14. The van der Waals surface area contributed by atoms with Gasteiger partial charge in [-0.1, -0.05) is 0 Å². The smallest absolute Gasteiger partial charge is 0.260 e. The number of methoxy groups -OCH3 is 1. The molecule has 156 valence electrons. The summed E-state index contributed by atoms with van der Waals surface area (Å²) in [5.41, 5.74) is 1.67. The van der Waals surface area contributed by atoms with Crippen LogP contribution in [0.4, 0.5) is 0 Å². The van der Waals surface area contributed by atoms with Gasteiger partial charge >= 0.3 is 0 Å². The van der Waals surface area contributed by atoms with E-state index in [1.165, 1.54) is 10.6 Å². The topological polar surface area (TPSA) is 97.1 Å². The lowest BCUT2D eigenvalue weighted by Crippen LogP contribution is -2.23. The van der Waals surface area contributed by atoms with Gasteiger partial charge in [-0.15, -0.1) is 0 Å². The molecule has 9 nitrogen and oxygen atoms in total. The number of hydrogen-bond acceptors (Lipinski definition) is 8. The molecule has 0 amide bonds. The zero-order valence-electron chi connectivity index (χ0n) is 16.8. The summed E-state index contributed by atoms with van der Waals surface area (Å²) in [6.45, 7) is 2.00. The van der Waals surface area contributed by atoms with Crippen LogP contribution < -0.4 is 24.5 Å². The van der Waals surface area contributed by atoms with Crippen LogP contribution in [0.5, 0.6) is 28.9 Å². The molecule has 5 rings (SSSR count). The highest BCUT2D eigenvalue weighted by atomic mass is 16.6. The highest BCUT2D eigenvalue weighted by Gasteiger charge is 2.25. The van der Waals surface area contributed by atoms with Crippen molar-refractivity contribution in [1.82, 2.24) is 19.4 Å². The third-order valence-electron chi connectivity index (χ3n) is 4.84. The maximum atomic E-state index is 12.3. The monoisotopic (exact) mass is 418 g/mol. The molecule has 0 radical (unpaired) electrons. The molecular formula is C22H18N4O5. The molecule has 1 aliphatic rings. The molecule has 0 saturated carbocycles. The minimum Gasteiger partial charge on any atom is -0.495 e. The van der Waals surface area contributed by atoms with Gasteiger partial charge < -0.3 is 18.9 Å². The number of rotatable bonds is 4. The van der Waals surface area contributed by atoms with Crippen molar-refractivity contribution in [3.63, 3.8) is 0 Å². The second kappa shape index (κ2) is 7.60. The molecule has 4 aromatic heterocycles.